The Morgan fingerprint density at radius 1 is 1.20 bits per heavy atom. The molecule has 1 heteroatoms. The first-order valence-electron chi connectivity index (χ1n) is 6.39. The predicted octanol–water partition coefficient (Wildman–Crippen LogP) is 3.67. The van der Waals surface area contributed by atoms with Gasteiger partial charge < -0.3 is 5.11 Å². The Balaban J connectivity index is 2.15. The van der Waals surface area contributed by atoms with Gasteiger partial charge in [-0.05, 0) is 71.1 Å². The number of allylic oxidation sites excluding steroid dienone is 2. The van der Waals surface area contributed by atoms with Crippen LogP contribution in [0.5, 0.6) is 0 Å². The highest BCUT2D eigenvalue weighted by molar-refractivity contribution is 5.21. The van der Waals surface area contributed by atoms with Crippen LogP contribution >= 0.6 is 0 Å². The Labute approximate surface area is 93.6 Å². The second-order valence-electron chi connectivity index (χ2n) is 6.03. The summed E-state index contributed by atoms with van der Waals surface area (Å²) in [7, 11) is 0. The number of aliphatic hydroxyl groups is 1. The fourth-order valence-electron chi connectivity index (χ4n) is 3.33. The minimum Gasteiger partial charge on any atom is -0.390 e. The summed E-state index contributed by atoms with van der Waals surface area (Å²) in [6.07, 6.45) is 7.75. The van der Waals surface area contributed by atoms with Crippen molar-refractivity contribution < 1.29 is 5.11 Å². The first-order chi connectivity index (χ1) is 6.98. The molecule has 0 aromatic carbocycles. The lowest BCUT2D eigenvalue weighted by Gasteiger charge is -2.40. The Morgan fingerprint density at radius 2 is 1.93 bits per heavy atom. The van der Waals surface area contributed by atoms with Gasteiger partial charge in [0.1, 0.15) is 0 Å². The van der Waals surface area contributed by atoms with Crippen LogP contribution in [-0.2, 0) is 0 Å². The Morgan fingerprint density at radius 3 is 2.60 bits per heavy atom. The summed E-state index contributed by atoms with van der Waals surface area (Å²) in [6.45, 7) is 6.24. The van der Waals surface area contributed by atoms with Gasteiger partial charge in [0.05, 0.1) is 5.60 Å². The molecule has 0 aromatic rings. The van der Waals surface area contributed by atoms with E-state index in [1.165, 1.54) is 32.1 Å². The van der Waals surface area contributed by atoms with Crippen LogP contribution in [-0.4, -0.2) is 10.7 Å². The van der Waals surface area contributed by atoms with Gasteiger partial charge >= 0.3 is 0 Å². The summed E-state index contributed by atoms with van der Waals surface area (Å²) in [4.78, 5) is 0. The third kappa shape index (κ3) is 2.28. The Hall–Kier alpha value is -0.300. The third-order valence-corrected chi connectivity index (χ3v) is 4.47. The average molecular weight is 208 g/mol. The number of hydrogen-bond donors (Lipinski definition) is 1. The smallest absolute Gasteiger partial charge is 0.0622 e. The van der Waals surface area contributed by atoms with Gasteiger partial charge in [-0.25, -0.2) is 0 Å². The van der Waals surface area contributed by atoms with E-state index in [-0.39, 0.29) is 0 Å². The van der Waals surface area contributed by atoms with E-state index in [2.05, 4.69) is 6.92 Å². The summed E-state index contributed by atoms with van der Waals surface area (Å²) in [6, 6.07) is 0. The minimum atomic E-state index is -0.490. The summed E-state index contributed by atoms with van der Waals surface area (Å²) < 4.78 is 0. The van der Waals surface area contributed by atoms with Gasteiger partial charge in [-0.3, -0.25) is 0 Å². The summed E-state index contributed by atoms with van der Waals surface area (Å²) in [5.74, 6) is 1.34. The van der Waals surface area contributed by atoms with Gasteiger partial charge in [0, 0.05) is 0 Å². The van der Waals surface area contributed by atoms with Gasteiger partial charge in [-0.15, -0.1) is 0 Å². The van der Waals surface area contributed by atoms with E-state index < -0.39 is 5.60 Å². The van der Waals surface area contributed by atoms with Crippen molar-refractivity contribution in [1.82, 2.24) is 0 Å². The van der Waals surface area contributed by atoms with E-state index in [0.29, 0.717) is 5.92 Å². The molecule has 0 spiro atoms. The van der Waals surface area contributed by atoms with Crippen LogP contribution in [0.25, 0.3) is 0 Å². The van der Waals surface area contributed by atoms with Crippen molar-refractivity contribution in [1.29, 1.82) is 0 Å². The highest BCUT2D eigenvalue weighted by Crippen LogP contribution is 2.44. The van der Waals surface area contributed by atoms with Gasteiger partial charge in [0.2, 0.25) is 0 Å². The standard InChI is InChI=1S/C14H24O/c1-10-5-4-6-11-7-8-12(9-13(10)11)14(2,3)15/h11-12,15H,4-9H2,1-3H3. The molecule has 2 unspecified atom stereocenters. The lowest BCUT2D eigenvalue weighted by Crippen LogP contribution is -2.35. The van der Waals surface area contributed by atoms with Gasteiger partial charge in [-0.1, -0.05) is 11.1 Å². The van der Waals surface area contributed by atoms with Crippen LogP contribution in [0.15, 0.2) is 11.1 Å². The fourth-order valence-corrected chi connectivity index (χ4v) is 3.33. The predicted molar refractivity (Wildman–Crippen MR) is 63.7 cm³/mol. The molecule has 1 nitrogen and oxygen atoms in total. The quantitative estimate of drug-likeness (QED) is 0.652. The van der Waals surface area contributed by atoms with E-state index in [1.807, 2.05) is 13.8 Å². The van der Waals surface area contributed by atoms with Crippen LogP contribution in [0, 0.1) is 11.8 Å². The monoisotopic (exact) mass is 208 g/mol. The maximum Gasteiger partial charge on any atom is 0.0622 e. The van der Waals surface area contributed by atoms with E-state index >= 15 is 0 Å². The van der Waals surface area contributed by atoms with E-state index in [1.54, 1.807) is 11.1 Å². The molecule has 2 aliphatic rings. The van der Waals surface area contributed by atoms with E-state index in [9.17, 15) is 5.11 Å². The molecule has 0 heterocycles. The molecule has 0 radical (unpaired) electrons. The molecular formula is C14H24O. The van der Waals surface area contributed by atoms with E-state index in [0.717, 1.165) is 12.3 Å². The second-order valence-corrected chi connectivity index (χ2v) is 6.03. The zero-order chi connectivity index (χ0) is 11.1. The van der Waals surface area contributed by atoms with Crippen molar-refractivity contribution in [3.05, 3.63) is 11.1 Å². The molecular weight excluding hydrogens is 184 g/mol. The molecule has 1 saturated carbocycles. The fraction of sp³-hybridized carbons (Fsp3) is 0.857. The van der Waals surface area contributed by atoms with Gasteiger partial charge in [0.25, 0.3) is 0 Å². The molecule has 0 aromatic heterocycles. The Bertz CT molecular complexity index is 270. The van der Waals surface area contributed by atoms with Crippen LogP contribution in [0.2, 0.25) is 0 Å². The normalized spacial score (nSPS) is 32.8. The molecule has 1 fully saturated rings. The topological polar surface area (TPSA) is 20.2 Å². The van der Waals surface area contributed by atoms with Crippen molar-refractivity contribution in [3.8, 4) is 0 Å². The second kappa shape index (κ2) is 3.93. The van der Waals surface area contributed by atoms with Crippen molar-refractivity contribution in [2.24, 2.45) is 11.8 Å². The maximum atomic E-state index is 10.1. The molecule has 2 aliphatic carbocycles. The summed E-state index contributed by atoms with van der Waals surface area (Å²) >= 11 is 0. The van der Waals surface area contributed by atoms with Gasteiger partial charge in [-0.2, -0.15) is 0 Å². The maximum absolute atomic E-state index is 10.1. The number of rotatable bonds is 1. The van der Waals surface area contributed by atoms with Crippen molar-refractivity contribution >= 4 is 0 Å². The largest absolute Gasteiger partial charge is 0.390 e. The van der Waals surface area contributed by atoms with Crippen LogP contribution in [0.3, 0.4) is 0 Å². The first-order valence-corrected chi connectivity index (χ1v) is 6.39. The SMILES string of the molecule is CC1=C2CC(C(C)(C)O)CCC2CCC1. The third-order valence-electron chi connectivity index (χ3n) is 4.47. The molecule has 2 rings (SSSR count). The molecule has 0 bridgehead atoms. The lowest BCUT2D eigenvalue weighted by molar-refractivity contribution is 0.00295. The van der Waals surface area contributed by atoms with Crippen molar-refractivity contribution in [2.45, 2.75) is 64.9 Å². The molecule has 0 amide bonds. The Kier molecular flexibility index (Phi) is 2.94. The number of hydrogen-bond acceptors (Lipinski definition) is 1. The molecule has 1 N–H and O–H groups in total. The molecule has 15 heavy (non-hydrogen) atoms. The van der Waals surface area contributed by atoms with Crippen LogP contribution in [0.1, 0.15) is 59.3 Å². The zero-order valence-electron chi connectivity index (χ0n) is 10.3. The molecule has 86 valence electrons. The lowest BCUT2D eigenvalue weighted by atomic mass is 9.67. The minimum absolute atomic E-state index is 0.483. The van der Waals surface area contributed by atoms with Gasteiger partial charge in [0.15, 0.2) is 0 Å². The van der Waals surface area contributed by atoms with Crippen molar-refractivity contribution in [2.75, 3.05) is 0 Å². The molecule has 0 aliphatic heterocycles. The highest BCUT2D eigenvalue weighted by atomic mass is 16.3. The van der Waals surface area contributed by atoms with Crippen LogP contribution < -0.4 is 0 Å². The average Bonchev–Trinajstić information content (AvgIpc) is 2.16. The van der Waals surface area contributed by atoms with E-state index in [4.69, 9.17) is 0 Å². The summed E-state index contributed by atoms with van der Waals surface area (Å²) in [5, 5.41) is 10.1. The highest BCUT2D eigenvalue weighted by Gasteiger charge is 2.35. The van der Waals surface area contributed by atoms with Crippen molar-refractivity contribution in [3.63, 3.8) is 0 Å². The first kappa shape index (κ1) is 11.2. The number of fused-ring (bicyclic) bond motifs is 1. The van der Waals surface area contributed by atoms with Crippen LogP contribution in [0.4, 0.5) is 0 Å². The molecule has 0 saturated heterocycles. The zero-order valence-corrected chi connectivity index (χ0v) is 10.3. The summed E-state index contributed by atoms with van der Waals surface area (Å²) in [5.41, 5.74) is 2.83. The molecule has 2 atom stereocenters.